The first-order chi connectivity index (χ1) is 13.7. The standard InChI is InChI=1S/C22H24N4O2/c1-2-28-20-10-6-5-9-19(20)25-22(27)16-11-13-26(14-12-16)21-15-23-17-7-3-4-8-18(17)24-21/h3-10,15-16H,2,11-14H2,1H3,(H,25,27). The number of carbonyl (C=O) groups is 1. The van der Waals surface area contributed by atoms with E-state index in [2.05, 4.69) is 15.2 Å². The van der Waals surface area contributed by atoms with Gasteiger partial charge in [0, 0.05) is 19.0 Å². The molecule has 1 amide bonds. The molecule has 0 saturated carbocycles. The predicted molar refractivity (Wildman–Crippen MR) is 111 cm³/mol. The number of hydrogen-bond acceptors (Lipinski definition) is 5. The summed E-state index contributed by atoms with van der Waals surface area (Å²) in [5.74, 6) is 1.62. The number of aromatic nitrogens is 2. The molecule has 6 nitrogen and oxygen atoms in total. The molecule has 1 saturated heterocycles. The summed E-state index contributed by atoms with van der Waals surface area (Å²) in [6, 6.07) is 15.4. The number of anilines is 2. The summed E-state index contributed by atoms with van der Waals surface area (Å²) >= 11 is 0. The Hall–Kier alpha value is -3.15. The average Bonchev–Trinajstić information content (AvgIpc) is 2.75. The first-order valence-corrected chi connectivity index (χ1v) is 9.74. The highest BCUT2D eigenvalue weighted by atomic mass is 16.5. The lowest BCUT2D eigenvalue weighted by molar-refractivity contribution is -0.120. The highest BCUT2D eigenvalue weighted by molar-refractivity contribution is 5.94. The zero-order valence-electron chi connectivity index (χ0n) is 16.0. The molecule has 2 heterocycles. The Morgan fingerprint density at radius 2 is 1.82 bits per heavy atom. The Labute approximate surface area is 164 Å². The van der Waals surface area contributed by atoms with E-state index in [-0.39, 0.29) is 11.8 Å². The van der Waals surface area contributed by atoms with Crippen molar-refractivity contribution in [2.45, 2.75) is 19.8 Å². The lowest BCUT2D eigenvalue weighted by atomic mass is 9.96. The van der Waals surface area contributed by atoms with Crippen LogP contribution in [-0.4, -0.2) is 35.6 Å². The summed E-state index contributed by atoms with van der Waals surface area (Å²) in [4.78, 5) is 24.1. The number of amides is 1. The molecule has 0 spiro atoms. The van der Waals surface area contributed by atoms with Gasteiger partial charge in [0.25, 0.3) is 0 Å². The molecule has 2 aromatic carbocycles. The molecule has 1 N–H and O–H groups in total. The van der Waals surface area contributed by atoms with Gasteiger partial charge in [-0.15, -0.1) is 0 Å². The number of benzene rings is 2. The quantitative estimate of drug-likeness (QED) is 0.732. The summed E-state index contributed by atoms with van der Waals surface area (Å²) in [5, 5.41) is 3.03. The van der Waals surface area contributed by atoms with Crippen LogP contribution in [0.2, 0.25) is 0 Å². The summed E-state index contributed by atoms with van der Waals surface area (Å²) in [6.45, 7) is 4.08. The van der Waals surface area contributed by atoms with Crippen molar-refractivity contribution in [2.24, 2.45) is 5.92 Å². The minimum absolute atomic E-state index is 0.0145. The van der Waals surface area contributed by atoms with E-state index in [1.807, 2.05) is 61.7 Å². The number of nitrogens with zero attached hydrogens (tertiary/aromatic N) is 3. The maximum Gasteiger partial charge on any atom is 0.227 e. The fraction of sp³-hybridized carbons (Fsp3) is 0.318. The molecule has 3 aromatic rings. The summed E-state index contributed by atoms with van der Waals surface area (Å²) in [5.41, 5.74) is 2.53. The van der Waals surface area contributed by atoms with Crippen molar-refractivity contribution in [3.63, 3.8) is 0 Å². The van der Waals surface area contributed by atoms with Crippen LogP contribution in [0.5, 0.6) is 5.75 Å². The Balaban J connectivity index is 1.39. The Kier molecular flexibility index (Phi) is 5.37. The van der Waals surface area contributed by atoms with Gasteiger partial charge in [-0.1, -0.05) is 24.3 Å². The maximum atomic E-state index is 12.7. The average molecular weight is 376 g/mol. The summed E-state index contributed by atoms with van der Waals surface area (Å²) in [6.07, 6.45) is 3.40. The topological polar surface area (TPSA) is 67.3 Å². The molecule has 1 aromatic heterocycles. The van der Waals surface area contributed by atoms with E-state index in [1.165, 1.54) is 0 Å². The fourth-order valence-electron chi connectivity index (χ4n) is 3.56. The highest BCUT2D eigenvalue weighted by Gasteiger charge is 2.26. The van der Waals surface area contributed by atoms with E-state index >= 15 is 0 Å². The third kappa shape index (κ3) is 3.91. The second-order valence-electron chi connectivity index (χ2n) is 6.90. The fourth-order valence-corrected chi connectivity index (χ4v) is 3.56. The lowest BCUT2D eigenvalue weighted by Gasteiger charge is -2.32. The van der Waals surface area contributed by atoms with Gasteiger partial charge in [-0.05, 0) is 44.0 Å². The largest absolute Gasteiger partial charge is 0.492 e. The Morgan fingerprint density at radius 3 is 2.61 bits per heavy atom. The number of fused-ring (bicyclic) bond motifs is 1. The van der Waals surface area contributed by atoms with Crippen LogP contribution in [0.4, 0.5) is 11.5 Å². The molecule has 0 aliphatic carbocycles. The second kappa shape index (κ2) is 8.25. The van der Waals surface area contributed by atoms with E-state index < -0.39 is 0 Å². The van der Waals surface area contributed by atoms with E-state index in [1.54, 1.807) is 0 Å². The second-order valence-corrected chi connectivity index (χ2v) is 6.90. The van der Waals surface area contributed by atoms with Crippen molar-refractivity contribution >= 4 is 28.4 Å². The molecule has 28 heavy (non-hydrogen) atoms. The molecule has 0 radical (unpaired) electrons. The molecule has 0 unspecified atom stereocenters. The molecular formula is C22H24N4O2. The van der Waals surface area contributed by atoms with Crippen LogP contribution in [0.15, 0.2) is 54.7 Å². The van der Waals surface area contributed by atoms with Crippen molar-refractivity contribution in [1.29, 1.82) is 0 Å². The molecule has 1 aliphatic heterocycles. The lowest BCUT2D eigenvalue weighted by Crippen LogP contribution is -2.38. The molecule has 6 heteroatoms. The monoisotopic (exact) mass is 376 g/mol. The van der Waals surface area contributed by atoms with Crippen molar-refractivity contribution in [3.8, 4) is 5.75 Å². The van der Waals surface area contributed by atoms with E-state index in [4.69, 9.17) is 9.72 Å². The smallest absolute Gasteiger partial charge is 0.227 e. The minimum Gasteiger partial charge on any atom is -0.492 e. The van der Waals surface area contributed by atoms with Crippen LogP contribution in [0.25, 0.3) is 11.0 Å². The SMILES string of the molecule is CCOc1ccccc1NC(=O)C1CCN(c2cnc3ccccc3n2)CC1. The van der Waals surface area contributed by atoms with E-state index in [0.717, 1.165) is 48.5 Å². The van der Waals surface area contributed by atoms with Gasteiger partial charge in [-0.3, -0.25) is 9.78 Å². The molecule has 144 valence electrons. The number of ether oxygens (including phenoxy) is 1. The van der Waals surface area contributed by atoms with Crippen LogP contribution in [0.1, 0.15) is 19.8 Å². The molecule has 0 bridgehead atoms. The molecule has 1 aliphatic rings. The van der Waals surface area contributed by atoms with Crippen LogP contribution >= 0.6 is 0 Å². The normalized spacial score (nSPS) is 14.8. The number of piperidine rings is 1. The van der Waals surface area contributed by atoms with E-state index in [9.17, 15) is 4.79 Å². The number of hydrogen-bond donors (Lipinski definition) is 1. The van der Waals surface area contributed by atoms with Crippen LogP contribution in [0, 0.1) is 5.92 Å². The Morgan fingerprint density at radius 1 is 1.11 bits per heavy atom. The number of rotatable bonds is 5. The maximum absolute atomic E-state index is 12.7. The zero-order chi connectivity index (χ0) is 19.3. The van der Waals surface area contributed by atoms with Gasteiger partial charge in [0.2, 0.25) is 5.91 Å². The van der Waals surface area contributed by atoms with E-state index in [0.29, 0.717) is 12.4 Å². The third-order valence-corrected chi connectivity index (χ3v) is 5.07. The predicted octanol–water partition coefficient (Wildman–Crippen LogP) is 3.88. The van der Waals surface area contributed by atoms with Crippen molar-refractivity contribution in [1.82, 2.24) is 9.97 Å². The van der Waals surface area contributed by atoms with Gasteiger partial charge in [0.05, 0.1) is 29.5 Å². The first-order valence-electron chi connectivity index (χ1n) is 9.74. The molecule has 1 fully saturated rings. The van der Waals surface area contributed by atoms with Crippen LogP contribution < -0.4 is 15.0 Å². The molecular weight excluding hydrogens is 352 g/mol. The van der Waals surface area contributed by atoms with Gasteiger partial charge in [0.1, 0.15) is 11.6 Å². The molecule has 0 atom stereocenters. The van der Waals surface area contributed by atoms with Crippen molar-refractivity contribution in [2.75, 3.05) is 29.9 Å². The van der Waals surface area contributed by atoms with Gasteiger partial charge < -0.3 is 15.0 Å². The Bertz CT molecular complexity index is 967. The van der Waals surface area contributed by atoms with Crippen LogP contribution in [-0.2, 0) is 4.79 Å². The molecule has 4 rings (SSSR count). The zero-order valence-corrected chi connectivity index (χ0v) is 16.0. The number of para-hydroxylation sites is 4. The van der Waals surface area contributed by atoms with Gasteiger partial charge >= 0.3 is 0 Å². The number of nitrogens with one attached hydrogen (secondary N) is 1. The summed E-state index contributed by atoms with van der Waals surface area (Å²) < 4.78 is 5.60. The van der Waals surface area contributed by atoms with Gasteiger partial charge in [-0.2, -0.15) is 0 Å². The minimum atomic E-state index is -0.0145. The first kappa shape index (κ1) is 18.2. The van der Waals surface area contributed by atoms with Gasteiger partial charge in [-0.25, -0.2) is 4.98 Å². The summed E-state index contributed by atoms with van der Waals surface area (Å²) in [7, 11) is 0. The highest BCUT2D eigenvalue weighted by Crippen LogP contribution is 2.27. The van der Waals surface area contributed by atoms with Crippen LogP contribution in [0.3, 0.4) is 0 Å². The van der Waals surface area contributed by atoms with Crippen molar-refractivity contribution in [3.05, 3.63) is 54.7 Å². The third-order valence-electron chi connectivity index (χ3n) is 5.07. The van der Waals surface area contributed by atoms with Crippen molar-refractivity contribution < 1.29 is 9.53 Å². The number of carbonyl (C=O) groups excluding carboxylic acids is 1. The van der Waals surface area contributed by atoms with Gasteiger partial charge in [0.15, 0.2) is 0 Å².